The second-order valence-corrected chi connectivity index (χ2v) is 6.28. The van der Waals surface area contributed by atoms with Gasteiger partial charge in [0.25, 0.3) is 11.1 Å². The zero-order valence-electron chi connectivity index (χ0n) is 12.7. The first-order chi connectivity index (χ1) is 11.6. The molecule has 0 bridgehead atoms. The molecule has 0 spiro atoms. The lowest BCUT2D eigenvalue weighted by Gasteiger charge is -2.15. The summed E-state index contributed by atoms with van der Waals surface area (Å²) in [4.78, 5) is 12.1. The summed E-state index contributed by atoms with van der Waals surface area (Å²) in [6.45, 7) is 1.88. The molecule has 0 radical (unpaired) electrons. The summed E-state index contributed by atoms with van der Waals surface area (Å²) in [7, 11) is 0. The van der Waals surface area contributed by atoms with Gasteiger partial charge in [-0.1, -0.05) is 41.6 Å². The second-order valence-electron chi connectivity index (χ2n) is 4.95. The molecule has 1 unspecified atom stereocenters. The van der Waals surface area contributed by atoms with Crippen molar-refractivity contribution in [2.75, 3.05) is 5.75 Å². The fraction of sp³-hybridized carbons (Fsp3) is 0.188. The maximum absolute atomic E-state index is 12.1. The van der Waals surface area contributed by atoms with E-state index in [1.807, 2.05) is 25.1 Å². The number of benzene rings is 1. The number of aromatic nitrogens is 2. The molecule has 1 atom stereocenters. The van der Waals surface area contributed by atoms with Gasteiger partial charge in [-0.3, -0.25) is 4.79 Å². The number of amides is 1. The Bertz CT molecular complexity index is 820. The smallest absolute Gasteiger partial charge is 0.284 e. The minimum atomic E-state index is -0.187. The highest BCUT2D eigenvalue weighted by molar-refractivity contribution is 7.99. The largest absolute Gasteiger partial charge is 0.459 e. The van der Waals surface area contributed by atoms with E-state index in [9.17, 15) is 4.79 Å². The van der Waals surface area contributed by atoms with Crippen molar-refractivity contribution in [3.8, 4) is 11.7 Å². The highest BCUT2D eigenvalue weighted by atomic mass is 35.5. The van der Waals surface area contributed by atoms with Crippen LogP contribution in [0.1, 0.15) is 18.5 Å². The molecule has 3 aromatic rings. The zero-order chi connectivity index (χ0) is 16.9. The minimum absolute atomic E-state index is 0.148. The topological polar surface area (TPSA) is 81.2 Å². The first-order valence-electron chi connectivity index (χ1n) is 7.17. The number of furan rings is 1. The van der Waals surface area contributed by atoms with Gasteiger partial charge in [-0.05, 0) is 30.7 Å². The average Bonchev–Trinajstić information content (AvgIpc) is 3.24. The highest BCUT2D eigenvalue weighted by Gasteiger charge is 2.15. The van der Waals surface area contributed by atoms with Crippen LogP contribution >= 0.6 is 23.4 Å². The molecule has 1 N–H and O–H groups in total. The van der Waals surface area contributed by atoms with Gasteiger partial charge in [0.2, 0.25) is 5.91 Å². The van der Waals surface area contributed by atoms with Crippen molar-refractivity contribution in [2.24, 2.45) is 0 Å². The molecule has 0 aliphatic heterocycles. The normalized spacial score (nSPS) is 12.1. The van der Waals surface area contributed by atoms with Crippen LogP contribution < -0.4 is 5.32 Å². The van der Waals surface area contributed by atoms with Gasteiger partial charge >= 0.3 is 0 Å². The number of hydrogen-bond donors (Lipinski definition) is 1. The molecule has 0 saturated carbocycles. The van der Waals surface area contributed by atoms with Crippen LogP contribution in [0, 0.1) is 0 Å². The van der Waals surface area contributed by atoms with Crippen molar-refractivity contribution in [2.45, 2.75) is 18.2 Å². The van der Waals surface area contributed by atoms with E-state index in [0.717, 1.165) is 17.3 Å². The van der Waals surface area contributed by atoms with Crippen molar-refractivity contribution in [3.05, 3.63) is 53.2 Å². The summed E-state index contributed by atoms with van der Waals surface area (Å²) in [5, 5.41) is 11.6. The van der Waals surface area contributed by atoms with Gasteiger partial charge in [-0.25, -0.2) is 0 Å². The lowest BCUT2D eigenvalue weighted by Crippen LogP contribution is -2.28. The summed E-state index contributed by atoms with van der Waals surface area (Å²) in [6, 6.07) is 10.7. The summed E-state index contributed by atoms with van der Waals surface area (Å²) < 4.78 is 10.6. The SMILES string of the molecule is CC(NC(=O)CSc1nnc(-c2ccco2)o1)c1ccccc1Cl. The number of hydrogen-bond acceptors (Lipinski definition) is 6. The van der Waals surface area contributed by atoms with Gasteiger partial charge in [0.15, 0.2) is 5.76 Å². The molecule has 2 heterocycles. The molecule has 1 aromatic carbocycles. The Balaban J connectivity index is 1.53. The van der Waals surface area contributed by atoms with Gasteiger partial charge in [0, 0.05) is 5.02 Å². The first-order valence-corrected chi connectivity index (χ1v) is 8.54. The van der Waals surface area contributed by atoms with Gasteiger partial charge in [0.05, 0.1) is 18.1 Å². The van der Waals surface area contributed by atoms with Crippen LogP contribution in [0.5, 0.6) is 0 Å². The summed E-state index contributed by atoms with van der Waals surface area (Å²) >= 11 is 7.29. The van der Waals surface area contributed by atoms with Gasteiger partial charge in [0.1, 0.15) is 0 Å². The third kappa shape index (κ3) is 3.98. The van der Waals surface area contributed by atoms with Crippen molar-refractivity contribution in [1.82, 2.24) is 15.5 Å². The average molecular weight is 364 g/mol. The Morgan fingerprint density at radius 3 is 2.88 bits per heavy atom. The van der Waals surface area contributed by atoms with Crippen LogP contribution in [-0.2, 0) is 4.79 Å². The monoisotopic (exact) mass is 363 g/mol. The van der Waals surface area contributed by atoms with Gasteiger partial charge < -0.3 is 14.2 Å². The van der Waals surface area contributed by atoms with E-state index in [-0.39, 0.29) is 23.6 Å². The summed E-state index contributed by atoms with van der Waals surface area (Å²) in [5.41, 5.74) is 0.871. The number of rotatable bonds is 6. The lowest BCUT2D eigenvalue weighted by molar-refractivity contribution is -0.119. The standard InChI is InChI=1S/C16H14ClN3O3S/c1-10(11-5-2-3-6-12(11)17)18-14(21)9-24-16-20-19-15(23-16)13-7-4-8-22-13/h2-8,10H,9H2,1H3,(H,18,21). The maximum atomic E-state index is 12.1. The molecule has 0 fully saturated rings. The molecule has 6 nitrogen and oxygen atoms in total. The number of thioether (sulfide) groups is 1. The van der Waals surface area contributed by atoms with Gasteiger partial charge in [-0.15, -0.1) is 10.2 Å². The molecule has 124 valence electrons. The number of nitrogens with one attached hydrogen (secondary N) is 1. The fourth-order valence-corrected chi connectivity index (χ4v) is 2.96. The van der Waals surface area contributed by atoms with Crippen molar-refractivity contribution in [3.63, 3.8) is 0 Å². The van der Waals surface area contributed by atoms with Crippen LogP contribution in [0.25, 0.3) is 11.7 Å². The van der Waals surface area contributed by atoms with E-state index in [1.165, 1.54) is 6.26 Å². The third-order valence-electron chi connectivity index (χ3n) is 3.21. The van der Waals surface area contributed by atoms with E-state index in [2.05, 4.69) is 15.5 Å². The summed E-state index contributed by atoms with van der Waals surface area (Å²) in [5.74, 6) is 0.790. The zero-order valence-corrected chi connectivity index (χ0v) is 14.3. The number of carbonyl (C=O) groups is 1. The highest BCUT2D eigenvalue weighted by Crippen LogP contribution is 2.24. The molecule has 0 aliphatic rings. The van der Waals surface area contributed by atoms with E-state index < -0.39 is 0 Å². The van der Waals surface area contributed by atoms with E-state index in [1.54, 1.807) is 18.2 Å². The van der Waals surface area contributed by atoms with E-state index in [4.69, 9.17) is 20.4 Å². The van der Waals surface area contributed by atoms with Crippen LogP contribution in [0.3, 0.4) is 0 Å². The van der Waals surface area contributed by atoms with Crippen molar-refractivity contribution in [1.29, 1.82) is 0 Å². The molecule has 0 aliphatic carbocycles. The summed E-state index contributed by atoms with van der Waals surface area (Å²) in [6.07, 6.45) is 1.52. The number of carbonyl (C=O) groups excluding carboxylic acids is 1. The van der Waals surface area contributed by atoms with Crippen LogP contribution in [0.4, 0.5) is 0 Å². The Hall–Kier alpha value is -2.25. The Morgan fingerprint density at radius 2 is 2.12 bits per heavy atom. The van der Waals surface area contributed by atoms with Crippen molar-refractivity contribution >= 4 is 29.3 Å². The molecular weight excluding hydrogens is 350 g/mol. The fourth-order valence-electron chi connectivity index (χ4n) is 2.08. The van der Waals surface area contributed by atoms with Crippen LogP contribution in [-0.4, -0.2) is 21.9 Å². The third-order valence-corrected chi connectivity index (χ3v) is 4.38. The van der Waals surface area contributed by atoms with E-state index >= 15 is 0 Å². The van der Waals surface area contributed by atoms with Crippen molar-refractivity contribution < 1.29 is 13.6 Å². The molecule has 3 rings (SSSR count). The molecule has 0 saturated heterocycles. The quantitative estimate of drug-likeness (QED) is 0.668. The maximum Gasteiger partial charge on any atom is 0.284 e. The molecule has 24 heavy (non-hydrogen) atoms. The first kappa shape index (κ1) is 16.6. The predicted octanol–water partition coefficient (Wildman–Crippen LogP) is 3.95. The lowest BCUT2D eigenvalue weighted by atomic mass is 10.1. The molecule has 8 heteroatoms. The Labute approximate surface area is 147 Å². The minimum Gasteiger partial charge on any atom is -0.459 e. The van der Waals surface area contributed by atoms with Crippen LogP contribution in [0.15, 0.2) is 56.7 Å². The second kappa shape index (κ2) is 7.55. The number of halogens is 1. The van der Waals surface area contributed by atoms with Crippen LogP contribution in [0.2, 0.25) is 5.02 Å². The van der Waals surface area contributed by atoms with E-state index in [0.29, 0.717) is 16.0 Å². The Kier molecular flexibility index (Phi) is 5.22. The predicted molar refractivity (Wildman–Crippen MR) is 90.7 cm³/mol. The Morgan fingerprint density at radius 1 is 1.29 bits per heavy atom. The van der Waals surface area contributed by atoms with Gasteiger partial charge in [-0.2, -0.15) is 0 Å². The molecule has 2 aromatic heterocycles. The molecule has 1 amide bonds. The number of nitrogens with zero attached hydrogens (tertiary/aromatic N) is 2. The molecular formula is C16H14ClN3O3S.